The highest BCUT2D eigenvalue weighted by Crippen LogP contribution is 2.30. The van der Waals surface area contributed by atoms with E-state index >= 15 is 0 Å². The first kappa shape index (κ1) is 23.8. The molecule has 0 aliphatic carbocycles. The average Bonchev–Trinajstić information content (AvgIpc) is 2.76. The molecule has 2 aromatic carbocycles. The van der Waals surface area contributed by atoms with Crippen LogP contribution in [0.2, 0.25) is 0 Å². The van der Waals surface area contributed by atoms with E-state index in [1.807, 2.05) is 0 Å². The van der Waals surface area contributed by atoms with Crippen LogP contribution in [0.5, 0.6) is 0 Å². The van der Waals surface area contributed by atoms with Crippen molar-refractivity contribution in [3.05, 3.63) is 71.8 Å². The number of benzene rings is 2. The second kappa shape index (κ2) is 11.7. The predicted molar refractivity (Wildman–Crippen MR) is 123 cm³/mol. The van der Waals surface area contributed by atoms with Gasteiger partial charge in [-0.25, -0.2) is 10.0 Å². The van der Waals surface area contributed by atoms with Gasteiger partial charge in [-0.15, -0.1) is 24.8 Å². The molecule has 0 N–H and O–H groups in total. The van der Waals surface area contributed by atoms with Gasteiger partial charge in [0.1, 0.15) is 6.29 Å². The number of hydrazine groups is 1. The maximum Gasteiger partial charge on any atom is 0.138 e. The van der Waals surface area contributed by atoms with Crippen molar-refractivity contribution in [2.45, 2.75) is 31.3 Å². The molecule has 0 unspecified atom stereocenters. The van der Waals surface area contributed by atoms with Gasteiger partial charge in [-0.2, -0.15) is 0 Å². The summed E-state index contributed by atoms with van der Waals surface area (Å²) in [6.07, 6.45) is 4.51. The summed E-state index contributed by atoms with van der Waals surface area (Å²) in [5.74, 6) is 0. The van der Waals surface area contributed by atoms with Crippen LogP contribution in [0.25, 0.3) is 0 Å². The lowest BCUT2D eigenvalue weighted by atomic mass is 9.96. The quantitative estimate of drug-likeness (QED) is 0.657. The third-order valence-corrected chi connectivity index (χ3v) is 5.93. The summed E-state index contributed by atoms with van der Waals surface area (Å²) < 4.78 is 0. The fourth-order valence-electron chi connectivity index (χ4n) is 4.54. The van der Waals surface area contributed by atoms with E-state index in [4.69, 9.17) is 0 Å². The monoisotopic (exact) mass is 435 g/mol. The van der Waals surface area contributed by atoms with Crippen LogP contribution in [0.4, 0.5) is 0 Å². The van der Waals surface area contributed by atoms with Gasteiger partial charge in [-0.05, 0) is 24.0 Å². The molecule has 1 atom stereocenters. The van der Waals surface area contributed by atoms with Crippen molar-refractivity contribution in [2.24, 2.45) is 0 Å². The van der Waals surface area contributed by atoms with Gasteiger partial charge in [0.15, 0.2) is 0 Å². The first-order valence-electron chi connectivity index (χ1n) is 10.2. The van der Waals surface area contributed by atoms with E-state index in [1.54, 1.807) is 0 Å². The summed E-state index contributed by atoms with van der Waals surface area (Å²) in [5, 5.41) is 4.75. The van der Waals surface area contributed by atoms with Crippen molar-refractivity contribution in [3.8, 4) is 0 Å². The van der Waals surface area contributed by atoms with Crippen molar-refractivity contribution in [1.29, 1.82) is 0 Å². The number of hydrogen-bond acceptors (Lipinski definition) is 4. The van der Waals surface area contributed by atoms with E-state index in [0.717, 1.165) is 45.4 Å². The Kier molecular flexibility index (Phi) is 9.60. The summed E-state index contributed by atoms with van der Waals surface area (Å²) in [6.45, 7) is 5.01. The molecule has 29 heavy (non-hydrogen) atoms. The molecule has 158 valence electrons. The molecule has 0 spiro atoms. The van der Waals surface area contributed by atoms with E-state index in [0.29, 0.717) is 0 Å². The van der Waals surface area contributed by atoms with Crippen molar-refractivity contribution >= 4 is 31.1 Å². The third-order valence-electron chi connectivity index (χ3n) is 5.93. The fraction of sp³-hybridized carbons (Fsp3) is 0.435. The number of carbonyl (C=O) groups excluding carboxylic acids is 1. The Morgan fingerprint density at radius 2 is 1.31 bits per heavy atom. The number of aldehydes is 1. The maximum atomic E-state index is 11.5. The summed E-state index contributed by atoms with van der Waals surface area (Å²) in [5.41, 5.74) is 2.70. The Morgan fingerprint density at radius 3 is 1.83 bits per heavy atom. The zero-order chi connectivity index (χ0) is 18.5. The molecule has 0 saturated carbocycles. The van der Waals surface area contributed by atoms with Gasteiger partial charge in [-0.3, -0.25) is 4.90 Å². The van der Waals surface area contributed by atoms with Gasteiger partial charge in [0, 0.05) is 32.7 Å². The van der Waals surface area contributed by atoms with Gasteiger partial charge in [0.05, 0.1) is 12.1 Å². The SMILES string of the molecule is Cl.Cl.O=C[C@@H]1CCCCN1N1CCN(C(c2ccccc2)c2ccccc2)CC1. The Balaban J connectivity index is 0.00000150. The highest BCUT2D eigenvalue weighted by Gasteiger charge is 2.32. The summed E-state index contributed by atoms with van der Waals surface area (Å²) >= 11 is 0. The van der Waals surface area contributed by atoms with Crippen molar-refractivity contribution < 1.29 is 4.79 Å². The van der Waals surface area contributed by atoms with Crippen molar-refractivity contribution in [2.75, 3.05) is 32.7 Å². The first-order valence-corrected chi connectivity index (χ1v) is 10.2. The molecule has 0 bridgehead atoms. The van der Waals surface area contributed by atoms with E-state index < -0.39 is 0 Å². The lowest BCUT2D eigenvalue weighted by Crippen LogP contribution is -2.58. The number of piperazine rings is 1. The van der Waals surface area contributed by atoms with E-state index in [-0.39, 0.29) is 36.9 Å². The Labute approximate surface area is 186 Å². The van der Waals surface area contributed by atoms with Crippen LogP contribution in [-0.2, 0) is 4.79 Å². The molecule has 0 amide bonds. The maximum absolute atomic E-state index is 11.5. The second-order valence-electron chi connectivity index (χ2n) is 7.58. The molecular weight excluding hydrogens is 405 g/mol. The Bertz CT molecular complexity index is 684. The molecular formula is C23H31Cl2N3O. The van der Waals surface area contributed by atoms with E-state index in [9.17, 15) is 4.79 Å². The lowest BCUT2D eigenvalue weighted by Gasteiger charge is -2.46. The minimum Gasteiger partial charge on any atom is -0.302 e. The highest BCUT2D eigenvalue weighted by molar-refractivity contribution is 5.85. The third kappa shape index (κ3) is 5.59. The summed E-state index contributed by atoms with van der Waals surface area (Å²) in [6, 6.07) is 22.0. The molecule has 2 saturated heterocycles. The van der Waals surface area contributed by atoms with Gasteiger partial charge in [0.2, 0.25) is 0 Å². The number of hydrogen-bond donors (Lipinski definition) is 0. The van der Waals surface area contributed by atoms with Crippen LogP contribution in [0.1, 0.15) is 36.4 Å². The second-order valence-corrected chi connectivity index (χ2v) is 7.58. The van der Waals surface area contributed by atoms with Gasteiger partial charge in [0.25, 0.3) is 0 Å². The molecule has 6 heteroatoms. The predicted octanol–water partition coefficient (Wildman–Crippen LogP) is 4.21. The number of halogens is 2. The average molecular weight is 436 g/mol. The van der Waals surface area contributed by atoms with Gasteiger partial charge in [-0.1, -0.05) is 67.1 Å². The number of rotatable bonds is 5. The molecule has 4 rings (SSSR count). The van der Waals surface area contributed by atoms with Crippen LogP contribution in [0, 0.1) is 0 Å². The molecule has 4 nitrogen and oxygen atoms in total. The molecule has 2 aliphatic rings. The fourth-order valence-corrected chi connectivity index (χ4v) is 4.54. The van der Waals surface area contributed by atoms with Crippen LogP contribution >= 0.6 is 24.8 Å². The van der Waals surface area contributed by atoms with Crippen LogP contribution < -0.4 is 0 Å². The summed E-state index contributed by atoms with van der Waals surface area (Å²) in [7, 11) is 0. The van der Waals surface area contributed by atoms with E-state index in [1.165, 1.54) is 24.0 Å². The minimum absolute atomic E-state index is 0. The van der Waals surface area contributed by atoms with Gasteiger partial charge < -0.3 is 4.79 Å². The van der Waals surface area contributed by atoms with Crippen molar-refractivity contribution in [1.82, 2.24) is 14.9 Å². The lowest BCUT2D eigenvalue weighted by molar-refractivity contribution is -0.132. The van der Waals surface area contributed by atoms with Crippen LogP contribution in [0.3, 0.4) is 0 Å². The highest BCUT2D eigenvalue weighted by atomic mass is 35.5. The number of carbonyl (C=O) groups is 1. The smallest absolute Gasteiger partial charge is 0.138 e. The zero-order valence-corrected chi connectivity index (χ0v) is 18.4. The molecule has 0 radical (unpaired) electrons. The Hall–Kier alpha value is -1.43. The molecule has 0 aromatic heterocycles. The zero-order valence-electron chi connectivity index (χ0n) is 16.7. The molecule has 2 fully saturated rings. The standard InChI is InChI=1S/C23H29N3O.2ClH/c27-19-22-13-7-8-14-26(22)25-17-15-24(16-18-25)23(20-9-3-1-4-10-20)21-11-5-2-6-12-21;;/h1-6,9-12,19,22-23H,7-8,13-18H2;2*1H/t22-;;/m0../s1. The minimum atomic E-state index is 0. The Morgan fingerprint density at radius 1 is 0.759 bits per heavy atom. The molecule has 2 heterocycles. The number of nitrogens with zero attached hydrogens (tertiary/aromatic N) is 3. The number of piperidine rings is 1. The normalized spacial score (nSPS) is 21.2. The topological polar surface area (TPSA) is 26.8 Å². The van der Waals surface area contributed by atoms with E-state index in [2.05, 4.69) is 75.6 Å². The first-order chi connectivity index (χ1) is 13.4. The largest absolute Gasteiger partial charge is 0.302 e. The van der Waals surface area contributed by atoms with Crippen LogP contribution in [-0.4, -0.2) is 60.0 Å². The van der Waals surface area contributed by atoms with Crippen LogP contribution in [0.15, 0.2) is 60.7 Å². The molecule has 2 aliphatic heterocycles. The van der Waals surface area contributed by atoms with Gasteiger partial charge >= 0.3 is 0 Å². The molecule has 2 aromatic rings. The van der Waals surface area contributed by atoms with Crippen molar-refractivity contribution in [3.63, 3.8) is 0 Å². The summed E-state index contributed by atoms with van der Waals surface area (Å²) in [4.78, 5) is 14.1.